The highest BCUT2D eigenvalue weighted by Crippen LogP contribution is 2.16. The van der Waals surface area contributed by atoms with Gasteiger partial charge in [-0.25, -0.2) is 15.2 Å². The van der Waals surface area contributed by atoms with Gasteiger partial charge in [0.2, 0.25) is 5.91 Å². The lowest BCUT2D eigenvalue weighted by atomic mass is 10.2. The molecule has 0 bridgehead atoms. The van der Waals surface area contributed by atoms with Crippen molar-refractivity contribution in [2.75, 3.05) is 12.4 Å². The molecule has 1 saturated heterocycles. The third-order valence-electron chi connectivity index (χ3n) is 3.86. The van der Waals surface area contributed by atoms with Crippen molar-refractivity contribution in [3.05, 3.63) is 59.9 Å². The normalized spacial score (nSPS) is 19.4. The highest BCUT2D eigenvalue weighted by atomic mass is 19.1. The highest BCUT2D eigenvalue weighted by molar-refractivity contribution is 5.83. The minimum atomic E-state index is -0.525. The van der Waals surface area contributed by atoms with Gasteiger partial charge in [0.1, 0.15) is 23.8 Å². The van der Waals surface area contributed by atoms with Crippen LogP contribution in [0.3, 0.4) is 0 Å². The predicted octanol–water partition coefficient (Wildman–Crippen LogP) is 0.870. The molecule has 1 heterocycles. The van der Waals surface area contributed by atoms with E-state index in [-0.39, 0.29) is 17.9 Å². The number of ether oxygens (including phenoxy) is 1. The van der Waals surface area contributed by atoms with Crippen LogP contribution >= 0.6 is 0 Å². The molecule has 7 nitrogen and oxygen atoms in total. The second-order valence-corrected chi connectivity index (χ2v) is 5.59. The van der Waals surface area contributed by atoms with Gasteiger partial charge in [-0.15, -0.1) is 0 Å². The van der Waals surface area contributed by atoms with Crippen LogP contribution in [0.2, 0.25) is 0 Å². The maximum Gasteiger partial charge on any atom is 0.242 e. The molecular weight excluding hydrogens is 325 g/mol. The van der Waals surface area contributed by atoms with Gasteiger partial charge in [0.05, 0.1) is 7.11 Å². The summed E-state index contributed by atoms with van der Waals surface area (Å²) >= 11 is 0. The fourth-order valence-electron chi connectivity index (χ4n) is 2.47. The first kappa shape index (κ1) is 17.2. The van der Waals surface area contributed by atoms with Crippen molar-refractivity contribution in [1.82, 2.24) is 21.7 Å². The van der Waals surface area contributed by atoms with E-state index in [1.165, 1.54) is 12.1 Å². The van der Waals surface area contributed by atoms with Gasteiger partial charge in [0.15, 0.2) is 0 Å². The zero-order valence-electron chi connectivity index (χ0n) is 13.7. The molecule has 5 N–H and O–H groups in total. The number of methoxy groups -OCH3 is 1. The van der Waals surface area contributed by atoms with E-state index >= 15 is 0 Å². The minimum Gasteiger partial charge on any atom is -0.497 e. The molecule has 8 heteroatoms. The zero-order chi connectivity index (χ0) is 17.6. The molecule has 2 aromatic rings. The Balaban J connectivity index is 1.56. The van der Waals surface area contributed by atoms with E-state index < -0.39 is 6.04 Å². The molecule has 0 saturated carbocycles. The van der Waals surface area contributed by atoms with Gasteiger partial charge >= 0.3 is 0 Å². The smallest absolute Gasteiger partial charge is 0.242 e. The lowest BCUT2D eigenvalue weighted by Gasteiger charge is -2.20. The predicted molar refractivity (Wildman–Crippen MR) is 91.8 cm³/mol. The van der Waals surface area contributed by atoms with Gasteiger partial charge in [0.25, 0.3) is 0 Å². The number of hydrogen-bond acceptors (Lipinski definition) is 6. The first-order chi connectivity index (χ1) is 12.2. The molecular formula is C17H20FN5O2. The summed E-state index contributed by atoms with van der Waals surface area (Å²) in [6.45, 7) is 0.326. The Morgan fingerprint density at radius 2 is 1.84 bits per heavy atom. The molecule has 1 aliphatic rings. The molecule has 0 spiro atoms. The summed E-state index contributed by atoms with van der Waals surface area (Å²) in [5, 5.41) is 6.06. The van der Waals surface area contributed by atoms with Gasteiger partial charge in [-0.1, -0.05) is 12.1 Å². The third-order valence-corrected chi connectivity index (χ3v) is 3.86. The van der Waals surface area contributed by atoms with E-state index in [2.05, 4.69) is 27.0 Å². The van der Waals surface area contributed by atoms with E-state index in [0.717, 1.165) is 17.0 Å². The summed E-state index contributed by atoms with van der Waals surface area (Å²) in [4.78, 5) is 12.4. The molecule has 3 rings (SSSR count). The lowest BCUT2D eigenvalue weighted by Crippen LogP contribution is -2.50. The van der Waals surface area contributed by atoms with Crippen LogP contribution in [-0.4, -0.2) is 25.2 Å². The molecule has 1 fully saturated rings. The van der Waals surface area contributed by atoms with Gasteiger partial charge in [-0.05, 0) is 42.0 Å². The second kappa shape index (κ2) is 7.93. The summed E-state index contributed by atoms with van der Waals surface area (Å²) in [6.07, 6.45) is -0.346. The van der Waals surface area contributed by atoms with Crippen LogP contribution < -0.4 is 31.8 Å². The lowest BCUT2D eigenvalue weighted by molar-refractivity contribution is -0.123. The molecule has 0 radical (unpaired) electrons. The van der Waals surface area contributed by atoms with Crippen LogP contribution in [0.1, 0.15) is 5.56 Å². The number of carbonyl (C=O) groups is 1. The monoisotopic (exact) mass is 345 g/mol. The van der Waals surface area contributed by atoms with Crippen molar-refractivity contribution in [3.8, 4) is 5.75 Å². The van der Waals surface area contributed by atoms with Crippen LogP contribution in [0.25, 0.3) is 0 Å². The van der Waals surface area contributed by atoms with Crippen LogP contribution in [0.5, 0.6) is 5.75 Å². The van der Waals surface area contributed by atoms with Gasteiger partial charge in [0, 0.05) is 12.2 Å². The number of halogens is 1. The molecule has 1 amide bonds. The Kier molecular flexibility index (Phi) is 5.44. The average molecular weight is 345 g/mol. The minimum absolute atomic E-state index is 0.187. The number of nitrogens with one attached hydrogen (secondary N) is 5. The van der Waals surface area contributed by atoms with Gasteiger partial charge in [-0.3, -0.25) is 4.79 Å². The third kappa shape index (κ3) is 4.44. The van der Waals surface area contributed by atoms with Crippen molar-refractivity contribution >= 4 is 11.6 Å². The fourth-order valence-corrected chi connectivity index (χ4v) is 2.47. The van der Waals surface area contributed by atoms with Crippen molar-refractivity contribution in [2.45, 2.75) is 18.8 Å². The topological polar surface area (TPSA) is 86.5 Å². The number of benzene rings is 2. The Labute approximate surface area is 144 Å². The Morgan fingerprint density at radius 1 is 1.12 bits per heavy atom. The summed E-state index contributed by atoms with van der Waals surface area (Å²) in [5.74, 6) is 0.271. The maximum absolute atomic E-state index is 12.9. The molecule has 0 aliphatic carbocycles. The van der Waals surface area contributed by atoms with Crippen LogP contribution in [0.4, 0.5) is 10.1 Å². The average Bonchev–Trinajstić information content (AvgIpc) is 3.10. The molecule has 2 atom stereocenters. The van der Waals surface area contributed by atoms with E-state index in [4.69, 9.17) is 4.74 Å². The standard InChI is InChI=1S/C17H20FN5O2/c1-25-14-8-6-13(7-9-14)20-16-15(21-23-22-16)17(24)19-10-11-2-4-12(18)5-3-11/h2-9,15-16,20-23H,10H2,1H3,(H,19,24). The van der Waals surface area contributed by atoms with Crippen LogP contribution in [0, 0.1) is 5.82 Å². The van der Waals surface area contributed by atoms with Gasteiger partial charge < -0.3 is 15.4 Å². The van der Waals surface area contributed by atoms with E-state index in [9.17, 15) is 9.18 Å². The van der Waals surface area contributed by atoms with Crippen LogP contribution in [-0.2, 0) is 11.3 Å². The number of anilines is 1. The molecule has 2 unspecified atom stereocenters. The fraction of sp³-hybridized carbons (Fsp3) is 0.235. The SMILES string of the molecule is COc1ccc(NC2NNNC2C(=O)NCc2ccc(F)cc2)cc1. The summed E-state index contributed by atoms with van der Waals surface area (Å²) in [6, 6.07) is 12.9. The quantitative estimate of drug-likeness (QED) is 0.534. The summed E-state index contributed by atoms with van der Waals surface area (Å²) in [7, 11) is 1.61. The molecule has 2 aromatic carbocycles. The van der Waals surface area contributed by atoms with Gasteiger partial charge in [-0.2, -0.15) is 5.53 Å². The first-order valence-electron chi connectivity index (χ1n) is 7.84. The Morgan fingerprint density at radius 3 is 2.52 bits per heavy atom. The highest BCUT2D eigenvalue weighted by Gasteiger charge is 2.32. The van der Waals surface area contributed by atoms with E-state index in [1.54, 1.807) is 19.2 Å². The van der Waals surface area contributed by atoms with E-state index in [1.807, 2.05) is 24.3 Å². The number of hydrazine groups is 2. The zero-order valence-corrected chi connectivity index (χ0v) is 13.7. The van der Waals surface area contributed by atoms with Crippen molar-refractivity contribution < 1.29 is 13.9 Å². The summed E-state index contributed by atoms with van der Waals surface area (Å²) in [5.41, 5.74) is 10.3. The number of carbonyl (C=O) groups excluding carboxylic acids is 1. The Bertz CT molecular complexity index is 708. The number of rotatable bonds is 6. The molecule has 132 valence electrons. The van der Waals surface area contributed by atoms with E-state index in [0.29, 0.717) is 6.54 Å². The second-order valence-electron chi connectivity index (χ2n) is 5.59. The number of hydrogen-bond donors (Lipinski definition) is 5. The largest absolute Gasteiger partial charge is 0.497 e. The molecule has 0 aromatic heterocycles. The molecule has 25 heavy (non-hydrogen) atoms. The van der Waals surface area contributed by atoms with Crippen molar-refractivity contribution in [1.29, 1.82) is 0 Å². The number of amides is 1. The van der Waals surface area contributed by atoms with Crippen molar-refractivity contribution in [2.24, 2.45) is 0 Å². The summed E-state index contributed by atoms with van der Waals surface area (Å²) < 4.78 is 18.0. The van der Waals surface area contributed by atoms with Crippen molar-refractivity contribution in [3.63, 3.8) is 0 Å². The first-order valence-corrected chi connectivity index (χ1v) is 7.84. The molecule has 1 aliphatic heterocycles. The Hall–Kier alpha value is -2.68. The van der Waals surface area contributed by atoms with Crippen LogP contribution in [0.15, 0.2) is 48.5 Å². The maximum atomic E-state index is 12.9.